The van der Waals surface area contributed by atoms with Gasteiger partial charge in [0.2, 0.25) is 0 Å². The smallest absolute Gasteiger partial charge is 0.319 e. The minimum atomic E-state index is -0.597. The Labute approximate surface area is 162 Å². The highest BCUT2D eigenvalue weighted by Crippen LogP contribution is 2.31. The number of carbonyl (C=O) groups is 2. The first-order valence-electron chi connectivity index (χ1n) is 8.39. The number of ether oxygens (including phenoxy) is 1. The molecule has 0 aromatic heterocycles. The maximum absolute atomic E-state index is 13.0. The van der Waals surface area contributed by atoms with Crippen LogP contribution in [0.15, 0.2) is 53.7 Å². The van der Waals surface area contributed by atoms with Crippen molar-refractivity contribution in [2.24, 2.45) is 0 Å². The van der Waals surface area contributed by atoms with Crippen molar-refractivity contribution in [1.82, 2.24) is 10.6 Å². The number of allylic oxidation sites excluding steroid dienone is 1. The zero-order valence-corrected chi connectivity index (χ0v) is 16.0. The van der Waals surface area contributed by atoms with Gasteiger partial charge < -0.3 is 20.7 Å². The molecule has 1 aliphatic rings. The number of anilines is 1. The number of amides is 3. The van der Waals surface area contributed by atoms with E-state index in [1.165, 1.54) is 0 Å². The van der Waals surface area contributed by atoms with Crippen LogP contribution in [0.5, 0.6) is 5.75 Å². The highest BCUT2D eigenvalue weighted by Gasteiger charge is 2.31. The van der Waals surface area contributed by atoms with Gasteiger partial charge in [0.15, 0.2) is 0 Å². The van der Waals surface area contributed by atoms with Crippen LogP contribution in [0, 0.1) is 6.92 Å². The SMILES string of the molecule is COc1cc(C2NC(=O)NC(C)=C2C(=O)Nc2ccc(Cl)cc2)ccc1C. The van der Waals surface area contributed by atoms with E-state index in [1.807, 2.05) is 25.1 Å². The molecule has 0 aliphatic carbocycles. The van der Waals surface area contributed by atoms with Crippen LogP contribution in [0.1, 0.15) is 24.1 Å². The fourth-order valence-corrected chi connectivity index (χ4v) is 3.12. The Hall–Kier alpha value is -2.99. The van der Waals surface area contributed by atoms with E-state index in [0.717, 1.165) is 11.1 Å². The quantitative estimate of drug-likeness (QED) is 0.746. The van der Waals surface area contributed by atoms with Gasteiger partial charge in [-0.1, -0.05) is 23.7 Å². The highest BCUT2D eigenvalue weighted by molar-refractivity contribution is 6.30. The van der Waals surface area contributed by atoms with Crippen molar-refractivity contribution in [3.05, 3.63) is 69.9 Å². The minimum Gasteiger partial charge on any atom is -0.496 e. The van der Waals surface area contributed by atoms with Crippen LogP contribution in [0.25, 0.3) is 0 Å². The van der Waals surface area contributed by atoms with Crippen molar-refractivity contribution in [2.45, 2.75) is 19.9 Å². The summed E-state index contributed by atoms with van der Waals surface area (Å²) in [6.45, 7) is 3.63. The van der Waals surface area contributed by atoms with Gasteiger partial charge in [-0.3, -0.25) is 4.79 Å². The van der Waals surface area contributed by atoms with E-state index in [0.29, 0.717) is 27.7 Å². The first-order chi connectivity index (χ1) is 12.9. The Morgan fingerprint density at radius 1 is 1.15 bits per heavy atom. The number of nitrogens with one attached hydrogen (secondary N) is 3. The second-order valence-corrected chi connectivity index (χ2v) is 6.70. The number of hydrogen-bond donors (Lipinski definition) is 3. The number of aryl methyl sites for hydroxylation is 1. The molecule has 0 bridgehead atoms. The Bertz CT molecular complexity index is 923. The fraction of sp³-hybridized carbons (Fsp3) is 0.200. The minimum absolute atomic E-state index is 0.313. The van der Waals surface area contributed by atoms with E-state index >= 15 is 0 Å². The number of urea groups is 1. The predicted octanol–water partition coefficient (Wildman–Crippen LogP) is 3.92. The number of carbonyl (C=O) groups excluding carboxylic acids is 2. The molecule has 2 aromatic carbocycles. The molecule has 3 N–H and O–H groups in total. The van der Waals surface area contributed by atoms with Crippen LogP contribution in [0.3, 0.4) is 0 Å². The average molecular weight is 386 g/mol. The van der Waals surface area contributed by atoms with Gasteiger partial charge >= 0.3 is 6.03 Å². The molecule has 7 heteroatoms. The number of benzene rings is 2. The second kappa shape index (κ2) is 7.72. The molecule has 0 saturated carbocycles. The zero-order valence-electron chi connectivity index (χ0n) is 15.2. The highest BCUT2D eigenvalue weighted by atomic mass is 35.5. The van der Waals surface area contributed by atoms with Gasteiger partial charge in [-0.2, -0.15) is 0 Å². The molecule has 3 amide bonds. The van der Waals surface area contributed by atoms with Crippen molar-refractivity contribution in [2.75, 3.05) is 12.4 Å². The lowest BCUT2D eigenvalue weighted by molar-refractivity contribution is -0.113. The van der Waals surface area contributed by atoms with E-state index in [2.05, 4.69) is 16.0 Å². The molecule has 3 rings (SSSR count). The number of hydrogen-bond acceptors (Lipinski definition) is 3. The predicted molar refractivity (Wildman–Crippen MR) is 105 cm³/mol. The molecule has 0 spiro atoms. The third-order valence-electron chi connectivity index (χ3n) is 4.38. The maximum Gasteiger partial charge on any atom is 0.319 e. The van der Waals surface area contributed by atoms with Crippen molar-refractivity contribution in [1.29, 1.82) is 0 Å². The third kappa shape index (κ3) is 4.06. The summed E-state index contributed by atoms with van der Waals surface area (Å²) in [5, 5.41) is 8.90. The summed E-state index contributed by atoms with van der Waals surface area (Å²) in [7, 11) is 1.59. The van der Waals surface area contributed by atoms with E-state index in [4.69, 9.17) is 16.3 Å². The Kier molecular flexibility index (Phi) is 5.37. The molecule has 1 atom stereocenters. The second-order valence-electron chi connectivity index (χ2n) is 6.26. The number of rotatable bonds is 4. The van der Waals surface area contributed by atoms with E-state index < -0.39 is 6.04 Å². The van der Waals surface area contributed by atoms with E-state index in [-0.39, 0.29) is 11.9 Å². The monoisotopic (exact) mass is 385 g/mol. The molecule has 1 aliphatic heterocycles. The van der Waals surface area contributed by atoms with Crippen LogP contribution < -0.4 is 20.7 Å². The van der Waals surface area contributed by atoms with Crippen LogP contribution in [0.4, 0.5) is 10.5 Å². The topological polar surface area (TPSA) is 79.5 Å². The molecule has 2 aromatic rings. The van der Waals surface area contributed by atoms with Gasteiger partial charge in [-0.05, 0) is 55.3 Å². The maximum atomic E-state index is 13.0. The molecule has 0 radical (unpaired) electrons. The van der Waals surface area contributed by atoms with Crippen molar-refractivity contribution in [3.8, 4) is 5.75 Å². The van der Waals surface area contributed by atoms with Gasteiger partial charge in [-0.15, -0.1) is 0 Å². The Morgan fingerprint density at radius 3 is 2.52 bits per heavy atom. The molecule has 140 valence electrons. The summed E-state index contributed by atoms with van der Waals surface area (Å²) in [5.74, 6) is 0.377. The summed E-state index contributed by atoms with van der Waals surface area (Å²) in [6.07, 6.45) is 0. The zero-order chi connectivity index (χ0) is 19.6. The molecule has 6 nitrogen and oxygen atoms in total. The molecule has 27 heavy (non-hydrogen) atoms. The van der Waals surface area contributed by atoms with Crippen LogP contribution in [-0.2, 0) is 4.79 Å². The fourth-order valence-electron chi connectivity index (χ4n) is 2.99. The van der Waals surface area contributed by atoms with Gasteiger partial charge in [-0.25, -0.2) is 4.79 Å². The normalized spacial score (nSPS) is 16.4. The van der Waals surface area contributed by atoms with Crippen LogP contribution in [-0.4, -0.2) is 19.0 Å². The average Bonchev–Trinajstić information content (AvgIpc) is 2.63. The standard InChI is InChI=1S/C20H20ClN3O3/c1-11-4-5-13(10-16(11)27-3)18-17(12(2)22-20(26)24-18)19(25)23-15-8-6-14(21)7-9-15/h4-10,18H,1-3H3,(H,23,25)(H2,22,24,26). The lowest BCUT2D eigenvalue weighted by Crippen LogP contribution is -2.46. The van der Waals surface area contributed by atoms with Crippen molar-refractivity contribution >= 4 is 29.2 Å². The van der Waals surface area contributed by atoms with Gasteiger partial charge in [0.05, 0.1) is 18.7 Å². The van der Waals surface area contributed by atoms with Crippen LogP contribution in [0.2, 0.25) is 5.02 Å². The number of halogens is 1. The van der Waals surface area contributed by atoms with Gasteiger partial charge in [0, 0.05) is 16.4 Å². The lowest BCUT2D eigenvalue weighted by Gasteiger charge is -2.29. The Morgan fingerprint density at radius 2 is 1.85 bits per heavy atom. The van der Waals surface area contributed by atoms with E-state index in [1.54, 1.807) is 38.3 Å². The molecule has 1 unspecified atom stereocenters. The summed E-state index contributed by atoms with van der Waals surface area (Å²) in [5.41, 5.74) is 3.26. The van der Waals surface area contributed by atoms with Gasteiger partial charge in [0.1, 0.15) is 5.75 Å². The van der Waals surface area contributed by atoms with E-state index in [9.17, 15) is 9.59 Å². The first kappa shape index (κ1) is 18.8. The van der Waals surface area contributed by atoms with Crippen LogP contribution >= 0.6 is 11.6 Å². The largest absolute Gasteiger partial charge is 0.496 e. The third-order valence-corrected chi connectivity index (χ3v) is 4.63. The number of methoxy groups -OCH3 is 1. The first-order valence-corrected chi connectivity index (χ1v) is 8.76. The lowest BCUT2D eigenvalue weighted by atomic mass is 9.94. The van der Waals surface area contributed by atoms with Gasteiger partial charge in [0.25, 0.3) is 5.91 Å². The van der Waals surface area contributed by atoms with Crippen molar-refractivity contribution < 1.29 is 14.3 Å². The molecule has 0 fully saturated rings. The molecule has 1 heterocycles. The van der Waals surface area contributed by atoms with Crippen molar-refractivity contribution in [3.63, 3.8) is 0 Å². The molecular weight excluding hydrogens is 366 g/mol. The summed E-state index contributed by atoms with van der Waals surface area (Å²) < 4.78 is 5.38. The molecular formula is C20H20ClN3O3. The summed E-state index contributed by atoms with van der Waals surface area (Å²) in [6, 6.07) is 11.5. The summed E-state index contributed by atoms with van der Waals surface area (Å²) >= 11 is 5.89. The summed E-state index contributed by atoms with van der Waals surface area (Å²) in [4.78, 5) is 25.0. The Balaban J connectivity index is 1.96. The molecule has 0 saturated heterocycles.